The highest BCUT2D eigenvalue weighted by Gasteiger charge is 2.48. The van der Waals surface area contributed by atoms with E-state index < -0.39 is 0 Å². The molecule has 0 radical (unpaired) electrons. The molecule has 4 bridgehead atoms. The van der Waals surface area contributed by atoms with Crippen molar-refractivity contribution in [3.8, 4) is 0 Å². The molecule has 0 aliphatic heterocycles. The Bertz CT molecular complexity index is 531. The van der Waals surface area contributed by atoms with Crippen molar-refractivity contribution >= 4 is 23.0 Å². The number of hydrogen-bond acceptors (Lipinski definition) is 1. The summed E-state index contributed by atoms with van der Waals surface area (Å²) in [4.78, 5) is 0. The maximum absolute atomic E-state index is 13.7. The van der Waals surface area contributed by atoms with E-state index in [4.69, 9.17) is 12.2 Å². The molecule has 112 valence electrons. The Morgan fingerprint density at radius 2 is 1.62 bits per heavy atom. The summed E-state index contributed by atoms with van der Waals surface area (Å²) in [5, 5.41) is 7.07. The fourth-order valence-corrected chi connectivity index (χ4v) is 5.28. The van der Waals surface area contributed by atoms with E-state index in [9.17, 15) is 4.39 Å². The van der Waals surface area contributed by atoms with Crippen molar-refractivity contribution in [2.75, 3.05) is 5.32 Å². The second kappa shape index (κ2) is 5.24. The molecule has 4 fully saturated rings. The first-order valence-corrected chi connectivity index (χ1v) is 8.42. The van der Waals surface area contributed by atoms with Gasteiger partial charge in [-0.25, -0.2) is 4.39 Å². The number of para-hydroxylation sites is 1. The predicted molar refractivity (Wildman–Crippen MR) is 86.6 cm³/mol. The Morgan fingerprint density at radius 1 is 1.00 bits per heavy atom. The minimum atomic E-state index is -0.258. The second-order valence-corrected chi connectivity index (χ2v) is 7.44. The molecule has 2 nitrogen and oxygen atoms in total. The summed E-state index contributed by atoms with van der Waals surface area (Å²) in [5.41, 5.74) is 0.457. The van der Waals surface area contributed by atoms with Crippen LogP contribution in [0.15, 0.2) is 24.3 Å². The zero-order valence-corrected chi connectivity index (χ0v) is 12.8. The smallest absolute Gasteiger partial charge is 0.171 e. The molecule has 2 N–H and O–H groups in total. The monoisotopic (exact) mass is 304 g/mol. The van der Waals surface area contributed by atoms with Crippen LogP contribution < -0.4 is 10.6 Å². The molecule has 1 aromatic carbocycles. The molecule has 4 aliphatic carbocycles. The van der Waals surface area contributed by atoms with Crippen molar-refractivity contribution in [1.29, 1.82) is 0 Å². The highest BCUT2D eigenvalue weighted by atomic mass is 32.1. The lowest BCUT2D eigenvalue weighted by Gasteiger charge is -2.54. The highest BCUT2D eigenvalue weighted by Crippen LogP contribution is 2.53. The standard InChI is InChI=1S/C17H21FN2S/c18-14-3-1-2-4-15(14)19-17(21)20-16-12-6-10-5-11(8-12)9-13(16)7-10/h1-4,10-13,16H,5-9H2,(H2,19,20,21). The van der Waals surface area contributed by atoms with E-state index in [2.05, 4.69) is 10.6 Å². The number of halogens is 1. The summed E-state index contributed by atoms with van der Waals surface area (Å²) < 4.78 is 13.7. The Balaban J connectivity index is 1.42. The summed E-state index contributed by atoms with van der Waals surface area (Å²) in [5.74, 6) is 3.19. The molecule has 0 spiro atoms. The van der Waals surface area contributed by atoms with Crippen LogP contribution in [0.4, 0.5) is 10.1 Å². The van der Waals surface area contributed by atoms with Crippen LogP contribution >= 0.6 is 12.2 Å². The minimum Gasteiger partial charge on any atom is -0.359 e. The van der Waals surface area contributed by atoms with E-state index in [0.717, 1.165) is 23.7 Å². The van der Waals surface area contributed by atoms with Crippen molar-refractivity contribution < 1.29 is 4.39 Å². The number of nitrogens with one attached hydrogen (secondary N) is 2. The van der Waals surface area contributed by atoms with Gasteiger partial charge in [-0.15, -0.1) is 0 Å². The molecule has 4 aliphatic rings. The molecule has 0 unspecified atom stereocenters. The average molecular weight is 304 g/mol. The van der Waals surface area contributed by atoms with Gasteiger partial charge in [0.25, 0.3) is 0 Å². The maximum atomic E-state index is 13.7. The molecule has 0 amide bonds. The Morgan fingerprint density at radius 3 is 2.24 bits per heavy atom. The molecule has 4 heteroatoms. The van der Waals surface area contributed by atoms with E-state index in [1.165, 1.54) is 38.2 Å². The quantitative estimate of drug-likeness (QED) is 0.809. The largest absolute Gasteiger partial charge is 0.359 e. The van der Waals surface area contributed by atoms with E-state index in [-0.39, 0.29) is 5.82 Å². The van der Waals surface area contributed by atoms with Gasteiger partial charge >= 0.3 is 0 Å². The molecule has 0 heterocycles. The normalized spacial score (nSPS) is 36.5. The Hall–Kier alpha value is -1.16. The summed E-state index contributed by atoms with van der Waals surface area (Å²) in [6.45, 7) is 0. The van der Waals surface area contributed by atoms with Gasteiger partial charge in [0, 0.05) is 6.04 Å². The fourth-order valence-electron chi connectivity index (χ4n) is 5.03. The molecule has 0 saturated heterocycles. The summed E-state index contributed by atoms with van der Waals surface area (Å²) >= 11 is 5.41. The van der Waals surface area contributed by atoms with Crippen LogP contribution in [0.2, 0.25) is 0 Å². The average Bonchev–Trinajstić information content (AvgIpc) is 2.44. The van der Waals surface area contributed by atoms with Gasteiger partial charge in [0.2, 0.25) is 0 Å². The fraction of sp³-hybridized carbons (Fsp3) is 0.588. The number of benzene rings is 1. The molecule has 5 rings (SSSR count). The number of anilines is 1. The van der Waals surface area contributed by atoms with Crippen LogP contribution in [-0.2, 0) is 0 Å². The third kappa shape index (κ3) is 2.54. The van der Waals surface area contributed by atoms with E-state index >= 15 is 0 Å². The third-order valence-electron chi connectivity index (χ3n) is 5.65. The van der Waals surface area contributed by atoms with Crippen molar-refractivity contribution in [2.24, 2.45) is 23.7 Å². The van der Waals surface area contributed by atoms with Crippen LogP contribution in [-0.4, -0.2) is 11.2 Å². The maximum Gasteiger partial charge on any atom is 0.171 e. The highest BCUT2D eigenvalue weighted by molar-refractivity contribution is 7.80. The van der Waals surface area contributed by atoms with E-state index in [0.29, 0.717) is 16.8 Å². The number of hydrogen-bond donors (Lipinski definition) is 2. The lowest BCUT2D eigenvalue weighted by atomic mass is 9.54. The van der Waals surface area contributed by atoms with Gasteiger partial charge < -0.3 is 10.6 Å². The van der Waals surface area contributed by atoms with Crippen LogP contribution in [0.25, 0.3) is 0 Å². The van der Waals surface area contributed by atoms with Crippen molar-refractivity contribution in [2.45, 2.75) is 38.1 Å². The van der Waals surface area contributed by atoms with Gasteiger partial charge in [-0.05, 0) is 80.1 Å². The lowest BCUT2D eigenvalue weighted by molar-refractivity contribution is -0.00665. The first-order valence-electron chi connectivity index (χ1n) is 8.01. The second-order valence-electron chi connectivity index (χ2n) is 7.03. The van der Waals surface area contributed by atoms with Crippen molar-refractivity contribution in [3.63, 3.8) is 0 Å². The van der Waals surface area contributed by atoms with Gasteiger partial charge in [0.1, 0.15) is 5.82 Å². The molecule has 4 saturated carbocycles. The molecule has 21 heavy (non-hydrogen) atoms. The van der Waals surface area contributed by atoms with E-state index in [1.54, 1.807) is 12.1 Å². The van der Waals surface area contributed by atoms with E-state index in [1.807, 2.05) is 6.07 Å². The topological polar surface area (TPSA) is 24.1 Å². The Labute approximate surface area is 130 Å². The molecular weight excluding hydrogens is 283 g/mol. The van der Waals surface area contributed by atoms with Gasteiger partial charge in [-0.2, -0.15) is 0 Å². The first kappa shape index (κ1) is 13.5. The number of rotatable bonds is 2. The van der Waals surface area contributed by atoms with Crippen LogP contribution in [0.1, 0.15) is 32.1 Å². The van der Waals surface area contributed by atoms with Gasteiger partial charge in [-0.3, -0.25) is 0 Å². The van der Waals surface area contributed by atoms with Crippen molar-refractivity contribution in [1.82, 2.24) is 5.32 Å². The minimum absolute atomic E-state index is 0.258. The Kier molecular flexibility index (Phi) is 3.37. The van der Waals surface area contributed by atoms with Gasteiger partial charge in [-0.1, -0.05) is 12.1 Å². The van der Waals surface area contributed by atoms with Crippen LogP contribution in [0, 0.1) is 29.5 Å². The van der Waals surface area contributed by atoms with Crippen LogP contribution in [0.3, 0.4) is 0 Å². The summed E-state index contributed by atoms with van der Waals surface area (Å²) in [7, 11) is 0. The number of thiocarbonyl (C=S) groups is 1. The SMILES string of the molecule is Fc1ccccc1NC(=S)NC1C2CC3CC(C2)CC1C3. The third-order valence-corrected chi connectivity index (χ3v) is 5.87. The van der Waals surface area contributed by atoms with Gasteiger partial charge in [0.05, 0.1) is 5.69 Å². The lowest BCUT2D eigenvalue weighted by Crippen LogP contribution is -2.56. The molecule has 1 aromatic rings. The van der Waals surface area contributed by atoms with Crippen LogP contribution in [0.5, 0.6) is 0 Å². The predicted octanol–water partition coefficient (Wildman–Crippen LogP) is 3.94. The zero-order chi connectivity index (χ0) is 14.4. The summed E-state index contributed by atoms with van der Waals surface area (Å²) in [6.07, 6.45) is 6.87. The molecule has 0 aromatic heterocycles. The summed E-state index contributed by atoms with van der Waals surface area (Å²) in [6, 6.07) is 7.17. The van der Waals surface area contributed by atoms with Crippen molar-refractivity contribution in [3.05, 3.63) is 30.1 Å². The molecular formula is C17H21FN2S. The molecule has 0 atom stereocenters. The first-order chi connectivity index (χ1) is 10.2. The van der Waals surface area contributed by atoms with Gasteiger partial charge in [0.15, 0.2) is 5.11 Å². The zero-order valence-electron chi connectivity index (χ0n) is 12.0.